The van der Waals surface area contributed by atoms with E-state index in [0.29, 0.717) is 12.5 Å². The average Bonchev–Trinajstić information content (AvgIpc) is 2.61. The van der Waals surface area contributed by atoms with Crippen LogP contribution in [-0.2, 0) is 14.8 Å². The Balaban J connectivity index is 1.63. The van der Waals surface area contributed by atoms with Crippen LogP contribution in [0.4, 0.5) is 0 Å². The molecule has 0 aromatic heterocycles. The standard InChI is InChI=1S/C18H21NO4S/c19-24(20,21)18-7-3-16(4-8-18)15-1-5-17(6-2-15)23-13-14-9-11-22-12-10-14/h1-8,14H,9-13H2,(H2,19,20,21). The van der Waals surface area contributed by atoms with Crippen molar-refractivity contribution in [3.05, 3.63) is 48.5 Å². The molecule has 1 aliphatic rings. The van der Waals surface area contributed by atoms with Crippen LogP contribution in [0.25, 0.3) is 11.1 Å². The van der Waals surface area contributed by atoms with Crippen LogP contribution in [0.5, 0.6) is 5.75 Å². The van der Waals surface area contributed by atoms with Crippen LogP contribution in [0.1, 0.15) is 12.8 Å². The van der Waals surface area contributed by atoms with E-state index in [2.05, 4.69) is 0 Å². The average molecular weight is 347 g/mol. The van der Waals surface area contributed by atoms with Crippen molar-refractivity contribution in [2.45, 2.75) is 17.7 Å². The van der Waals surface area contributed by atoms with Crippen LogP contribution in [0.3, 0.4) is 0 Å². The van der Waals surface area contributed by atoms with Crippen LogP contribution in [-0.4, -0.2) is 28.2 Å². The van der Waals surface area contributed by atoms with Crippen LogP contribution in [0.15, 0.2) is 53.4 Å². The summed E-state index contributed by atoms with van der Waals surface area (Å²) in [5.74, 6) is 1.40. The van der Waals surface area contributed by atoms with Crippen molar-refractivity contribution in [1.82, 2.24) is 0 Å². The number of rotatable bonds is 5. The number of hydrogen-bond acceptors (Lipinski definition) is 4. The minimum Gasteiger partial charge on any atom is -0.493 e. The lowest BCUT2D eigenvalue weighted by atomic mass is 10.0. The van der Waals surface area contributed by atoms with Gasteiger partial charge >= 0.3 is 0 Å². The molecule has 1 saturated heterocycles. The van der Waals surface area contributed by atoms with E-state index in [9.17, 15) is 8.42 Å². The lowest BCUT2D eigenvalue weighted by Crippen LogP contribution is -2.21. The summed E-state index contributed by atoms with van der Waals surface area (Å²) in [6, 6.07) is 14.3. The van der Waals surface area contributed by atoms with Crippen molar-refractivity contribution in [2.24, 2.45) is 11.1 Å². The smallest absolute Gasteiger partial charge is 0.238 e. The van der Waals surface area contributed by atoms with Gasteiger partial charge in [0.15, 0.2) is 0 Å². The highest BCUT2D eigenvalue weighted by molar-refractivity contribution is 7.89. The second kappa shape index (κ2) is 7.34. The highest BCUT2D eigenvalue weighted by Crippen LogP contribution is 2.24. The van der Waals surface area contributed by atoms with Gasteiger partial charge in [-0.3, -0.25) is 0 Å². The predicted octanol–water partition coefficient (Wildman–Crippen LogP) is 2.81. The number of nitrogens with two attached hydrogens (primary N) is 1. The number of hydrogen-bond donors (Lipinski definition) is 1. The first-order valence-electron chi connectivity index (χ1n) is 7.96. The third-order valence-corrected chi connectivity index (χ3v) is 5.13. The van der Waals surface area contributed by atoms with Gasteiger partial charge in [-0.25, -0.2) is 13.6 Å². The second-order valence-corrected chi connectivity index (χ2v) is 7.52. The maximum atomic E-state index is 11.3. The Hall–Kier alpha value is -1.89. The van der Waals surface area contributed by atoms with Crippen molar-refractivity contribution < 1.29 is 17.9 Å². The third kappa shape index (κ3) is 4.35. The molecular formula is C18H21NO4S. The topological polar surface area (TPSA) is 78.6 Å². The third-order valence-electron chi connectivity index (χ3n) is 4.20. The molecule has 2 aromatic carbocycles. The molecule has 0 bridgehead atoms. The van der Waals surface area contributed by atoms with E-state index in [1.54, 1.807) is 12.1 Å². The maximum absolute atomic E-state index is 11.3. The molecule has 1 heterocycles. The predicted molar refractivity (Wildman–Crippen MR) is 92.3 cm³/mol. The Labute approximate surface area is 142 Å². The van der Waals surface area contributed by atoms with Gasteiger partial charge in [-0.1, -0.05) is 24.3 Å². The van der Waals surface area contributed by atoms with Gasteiger partial charge < -0.3 is 9.47 Å². The molecule has 3 rings (SSSR count). The summed E-state index contributed by atoms with van der Waals surface area (Å²) < 4.78 is 33.8. The minimum absolute atomic E-state index is 0.114. The molecule has 0 atom stereocenters. The fourth-order valence-corrected chi connectivity index (χ4v) is 3.22. The maximum Gasteiger partial charge on any atom is 0.238 e. The number of sulfonamides is 1. The van der Waals surface area contributed by atoms with E-state index in [-0.39, 0.29) is 4.90 Å². The number of benzene rings is 2. The Kier molecular flexibility index (Phi) is 5.18. The summed E-state index contributed by atoms with van der Waals surface area (Å²) in [7, 11) is -3.66. The lowest BCUT2D eigenvalue weighted by Gasteiger charge is -2.22. The summed E-state index contributed by atoms with van der Waals surface area (Å²) in [6.07, 6.45) is 2.10. The first-order chi connectivity index (χ1) is 11.5. The SMILES string of the molecule is NS(=O)(=O)c1ccc(-c2ccc(OCC3CCOCC3)cc2)cc1. The molecule has 0 radical (unpaired) electrons. The zero-order valence-corrected chi connectivity index (χ0v) is 14.2. The van der Waals surface area contributed by atoms with Crippen molar-refractivity contribution in [1.29, 1.82) is 0 Å². The van der Waals surface area contributed by atoms with Gasteiger partial charge in [-0.05, 0) is 54.2 Å². The molecule has 2 N–H and O–H groups in total. The Morgan fingerprint density at radius 2 is 1.50 bits per heavy atom. The molecular weight excluding hydrogens is 326 g/mol. The van der Waals surface area contributed by atoms with Gasteiger partial charge in [0.2, 0.25) is 10.0 Å². The summed E-state index contributed by atoms with van der Waals surface area (Å²) in [5, 5.41) is 5.11. The van der Waals surface area contributed by atoms with Crippen molar-refractivity contribution >= 4 is 10.0 Å². The van der Waals surface area contributed by atoms with Gasteiger partial charge in [-0.15, -0.1) is 0 Å². The molecule has 1 aliphatic heterocycles. The molecule has 5 nitrogen and oxygen atoms in total. The molecule has 6 heteroatoms. The summed E-state index contributed by atoms with van der Waals surface area (Å²) in [4.78, 5) is 0.114. The molecule has 128 valence electrons. The number of ether oxygens (including phenoxy) is 2. The highest BCUT2D eigenvalue weighted by atomic mass is 32.2. The van der Waals surface area contributed by atoms with Crippen molar-refractivity contribution in [3.63, 3.8) is 0 Å². The van der Waals surface area contributed by atoms with Gasteiger partial charge in [0.25, 0.3) is 0 Å². The van der Waals surface area contributed by atoms with Gasteiger partial charge in [0.05, 0.1) is 11.5 Å². The van der Waals surface area contributed by atoms with Crippen LogP contribution >= 0.6 is 0 Å². The fourth-order valence-electron chi connectivity index (χ4n) is 2.71. The molecule has 1 fully saturated rings. The summed E-state index contributed by atoms with van der Waals surface area (Å²) >= 11 is 0. The molecule has 0 aliphatic carbocycles. The Bertz CT molecular complexity index is 764. The van der Waals surface area contributed by atoms with Crippen LogP contribution in [0, 0.1) is 5.92 Å². The minimum atomic E-state index is -3.66. The van der Waals surface area contributed by atoms with E-state index in [0.717, 1.165) is 42.9 Å². The van der Waals surface area contributed by atoms with E-state index < -0.39 is 10.0 Å². The van der Waals surface area contributed by atoms with E-state index in [4.69, 9.17) is 14.6 Å². The zero-order valence-electron chi connectivity index (χ0n) is 13.4. The van der Waals surface area contributed by atoms with Crippen molar-refractivity contribution in [3.8, 4) is 16.9 Å². The molecule has 24 heavy (non-hydrogen) atoms. The number of primary sulfonamides is 1. The monoisotopic (exact) mass is 347 g/mol. The summed E-state index contributed by atoms with van der Waals surface area (Å²) in [6.45, 7) is 2.36. The molecule has 2 aromatic rings. The van der Waals surface area contributed by atoms with E-state index in [1.807, 2.05) is 24.3 Å². The lowest BCUT2D eigenvalue weighted by molar-refractivity contribution is 0.0497. The van der Waals surface area contributed by atoms with Gasteiger partial charge in [0.1, 0.15) is 5.75 Å². The van der Waals surface area contributed by atoms with E-state index >= 15 is 0 Å². The largest absolute Gasteiger partial charge is 0.493 e. The van der Waals surface area contributed by atoms with Gasteiger partial charge in [-0.2, -0.15) is 0 Å². The first kappa shape index (κ1) is 17.0. The quantitative estimate of drug-likeness (QED) is 0.902. The fraction of sp³-hybridized carbons (Fsp3) is 0.333. The Morgan fingerprint density at radius 1 is 0.958 bits per heavy atom. The second-order valence-electron chi connectivity index (χ2n) is 5.96. The first-order valence-corrected chi connectivity index (χ1v) is 9.51. The normalized spacial score (nSPS) is 16.0. The molecule has 0 unspecified atom stereocenters. The molecule has 0 amide bonds. The highest BCUT2D eigenvalue weighted by Gasteiger charge is 2.14. The zero-order chi connectivity index (χ0) is 17.0. The Morgan fingerprint density at radius 3 is 2.04 bits per heavy atom. The van der Waals surface area contributed by atoms with E-state index in [1.165, 1.54) is 12.1 Å². The van der Waals surface area contributed by atoms with Gasteiger partial charge in [0, 0.05) is 13.2 Å². The molecule has 0 spiro atoms. The molecule has 0 saturated carbocycles. The van der Waals surface area contributed by atoms with Crippen LogP contribution < -0.4 is 9.88 Å². The summed E-state index contributed by atoms with van der Waals surface area (Å²) in [5.41, 5.74) is 1.92. The van der Waals surface area contributed by atoms with Crippen LogP contribution in [0.2, 0.25) is 0 Å². The van der Waals surface area contributed by atoms with Crippen molar-refractivity contribution in [2.75, 3.05) is 19.8 Å².